The Balaban J connectivity index is 1.92. The van der Waals surface area contributed by atoms with Crippen LogP contribution in [0, 0.1) is 5.82 Å². The van der Waals surface area contributed by atoms with E-state index in [1.54, 1.807) is 36.4 Å². The smallest absolute Gasteiger partial charge is 0.337 e. The number of ketones is 1. The molecule has 1 saturated heterocycles. The van der Waals surface area contributed by atoms with E-state index in [1.807, 2.05) is 0 Å². The van der Waals surface area contributed by atoms with Crippen molar-refractivity contribution >= 4 is 29.1 Å². The van der Waals surface area contributed by atoms with Crippen LogP contribution in [0.1, 0.15) is 27.5 Å². The maximum absolute atomic E-state index is 13.4. The SMILES string of the molecule is COC(=O)c1cccc(N2C(=O)C(=O)/C(=C(/O)c3ccc(F)cc3)C2c2ccc(OC)cc2)c1. The van der Waals surface area contributed by atoms with Crippen molar-refractivity contribution in [2.75, 3.05) is 19.1 Å². The summed E-state index contributed by atoms with van der Waals surface area (Å²) in [4.78, 5) is 39.6. The fourth-order valence-corrected chi connectivity index (χ4v) is 3.86. The number of nitrogens with zero attached hydrogens (tertiary/aromatic N) is 1. The zero-order chi connectivity index (χ0) is 24.4. The van der Waals surface area contributed by atoms with Gasteiger partial charge in [0, 0.05) is 11.3 Å². The predicted molar refractivity (Wildman–Crippen MR) is 122 cm³/mol. The molecule has 172 valence electrons. The fraction of sp³-hybridized carbons (Fsp3) is 0.115. The number of hydrogen-bond acceptors (Lipinski definition) is 6. The van der Waals surface area contributed by atoms with Gasteiger partial charge in [0.15, 0.2) is 0 Å². The van der Waals surface area contributed by atoms with Crippen LogP contribution >= 0.6 is 0 Å². The van der Waals surface area contributed by atoms with Gasteiger partial charge in [0.1, 0.15) is 17.3 Å². The van der Waals surface area contributed by atoms with E-state index >= 15 is 0 Å². The molecule has 0 aliphatic carbocycles. The van der Waals surface area contributed by atoms with E-state index in [0.29, 0.717) is 11.3 Å². The van der Waals surface area contributed by atoms with Gasteiger partial charge in [-0.3, -0.25) is 14.5 Å². The second-order valence-electron chi connectivity index (χ2n) is 7.49. The number of carbonyl (C=O) groups excluding carboxylic acids is 3. The zero-order valence-electron chi connectivity index (χ0n) is 18.3. The summed E-state index contributed by atoms with van der Waals surface area (Å²) in [7, 11) is 2.75. The van der Waals surface area contributed by atoms with Gasteiger partial charge in [0.2, 0.25) is 0 Å². The van der Waals surface area contributed by atoms with E-state index < -0.39 is 35.3 Å². The first kappa shape index (κ1) is 22.7. The molecular formula is C26H20FNO6. The second-order valence-corrected chi connectivity index (χ2v) is 7.49. The van der Waals surface area contributed by atoms with Crippen LogP contribution in [0.5, 0.6) is 5.75 Å². The summed E-state index contributed by atoms with van der Waals surface area (Å²) < 4.78 is 23.4. The first-order chi connectivity index (χ1) is 16.3. The number of Topliss-reactive ketones (excluding diaryl/α,β-unsaturated/α-hetero) is 1. The Morgan fingerprint density at radius 3 is 2.24 bits per heavy atom. The van der Waals surface area contributed by atoms with Crippen molar-refractivity contribution < 1.29 is 33.4 Å². The molecule has 1 amide bonds. The summed E-state index contributed by atoms with van der Waals surface area (Å²) in [6, 6.07) is 16.7. The van der Waals surface area contributed by atoms with Crippen LogP contribution in [0.25, 0.3) is 5.76 Å². The van der Waals surface area contributed by atoms with Gasteiger partial charge in [-0.2, -0.15) is 0 Å². The molecule has 0 bridgehead atoms. The zero-order valence-corrected chi connectivity index (χ0v) is 18.3. The predicted octanol–water partition coefficient (Wildman–Crippen LogP) is 4.25. The lowest BCUT2D eigenvalue weighted by Gasteiger charge is -2.26. The minimum atomic E-state index is -1.01. The molecule has 0 radical (unpaired) electrons. The Bertz CT molecular complexity index is 1300. The van der Waals surface area contributed by atoms with Gasteiger partial charge in [0.25, 0.3) is 11.7 Å². The molecule has 34 heavy (non-hydrogen) atoms. The van der Waals surface area contributed by atoms with Gasteiger partial charge in [-0.1, -0.05) is 18.2 Å². The lowest BCUT2D eigenvalue weighted by Crippen LogP contribution is -2.29. The third-order valence-electron chi connectivity index (χ3n) is 5.54. The molecule has 0 spiro atoms. The monoisotopic (exact) mass is 461 g/mol. The Morgan fingerprint density at radius 1 is 0.941 bits per heavy atom. The molecule has 1 aliphatic heterocycles. The Hall–Kier alpha value is -4.46. The number of rotatable bonds is 5. The number of ether oxygens (including phenoxy) is 2. The second kappa shape index (κ2) is 9.19. The number of aliphatic hydroxyl groups is 1. The highest BCUT2D eigenvalue weighted by Crippen LogP contribution is 2.42. The lowest BCUT2D eigenvalue weighted by molar-refractivity contribution is -0.132. The van der Waals surface area contributed by atoms with Gasteiger partial charge in [0.05, 0.1) is 31.4 Å². The summed E-state index contributed by atoms with van der Waals surface area (Å²) in [5, 5.41) is 11.0. The maximum atomic E-state index is 13.4. The molecule has 1 heterocycles. The number of carbonyl (C=O) groups is 3. The minimum Gasteiger partial charge on any atom is -0.507 e. The molecule has 3 aromatic rings. The number of anilines is 1. The summed E-state index contributed by atoms with van der Waals surface area (Å²) in [6.07, 6.45) is 0. The topological polar surface area (TPSA) is 93.1 Å². The van der Waals surface area contributed by atoms with Crippen molar-refractivity contribution in [3.8, 4) is 5.75 Å². The average molecular weight is 461 g/mol. The molecule has 4 rings (SSSR count). The maximum Gasteiger partial charge on any atom is 0.337 e. The normalized spacial score (nSPS) is 17.0. The van der Waals surface area contributed by atoms with Crippen molar-refractivity contribution in [3.63, 3.8) is 0 Å². The van der Waals surface area contributed by atoms with Crippen molar-refractivity contribution in [2.24, 2.45) is 0 Å². The highest BCUT2D eigenvalue weighted by atomic mass is 19.1. The molecule has 0 aromatic heterocycles. The van der Waals surface area contributed by atoms with Crippen LogP contribution in [0.15, 0.2) is 78.4 Å². The number of esters is 1. The summed E-state index contributed by atoms with van der Waals surface area (Å²) in [5.41, 5.74) is 0.997. The standard InChI is InChI=1S/C26H20FNO6/c1-33-20-12-8-15(9-13-20)22-21(23(29)16-6-10-18(27)11-7-16)24(30)25(31)28(22)19-5-3-4-17(14-19)26(32)34-2/h3-14,22,29H,1-2H3/b23-21+. The number of hydrogen-bond donors (Lipinski definition) is 1. The van der Waals surface area contributed by atoms with Crippen LogP contribution in [-0.2, 0) is 14.3 Å². The molecule has 3 aromatic carbocycles. The Labute approximate surface area is 194 Å². The third kappa shape index (κ3) is 4.01. The highest BCUT2D eigenvalue weighted by molar-refractivity contribution is 6.51. The van der Waals surface area contributed by atoms with Gasteiger partial charge < -0.3 is 14.6 Å². The van der Waals surface area contributed by atoms with E-state index in [0.717, 1.165) is 12.1 Å². The summed E-state index contributed by atoms with van der Waals surface area (Å²) in [5.74, 6) is -2.79. The van der Waals surface area contributed by atoms with Crippen LogP contribution < -0.4 is 9.64 Å². The van der Waals surface area contributed by atoms with Crippen molar-refractivity contribution in [3.05, 3.63) is 101 Å². The highest BCUT2D eigenvalue weighted by Gasteiger charge is 2.47. The van der Waals surface area contributed by atoms with Crippen molar-refractivity contribution in [2.45, 2.75) is 6.04 Å². The van der Waals surface area contributed by atoms with Crippen molar-refractivity contribution in [1.82, 2.24) is 0 Å². The molecule has 7 nitrogen and oxygen atoms in total. The summed E-state index contributed by atoms with van der Waals surface area (Å²) in [6.45, 7) is 0. The van der Waals surface area contributed by atoms with Gasteiger partial charge in [-0.25, -0.2) is 9.18 Å². The van der Waals surface area contributed by atoms with Crippen LogP contribution in [0.4, 0.5) is 10.1 Å². The molecule has 8 heteroatoms. The molecular weight excluding hydrogens is 441 g/mol. The van der Waals surface area contributed by atoms with Gasteiger partial charge in [-0.15, -0.1) is 0 Å². The van der Waals surface area contributed by atoms with E-state index in [1.165, 1.54) is 43.4 Å². The third-order valence-corrected chi connectivity index (χ3v) is 5.54. The fourth-order valence-electron chi connectivity index (χ4n) is 3.86. The quantitative estimate of drug-likeness (QED) is 0.264. The molecule has 1 unspecified atom stereocenters. The van der Waals surface area contributed by atoms with Crippen molar-refractivity contribution in [1.29, 1.82) is 0 Å². The molecule has 1 atom stereocenters. The van der Waals surface area contributed by atoms with Gasteiger partial charge in [-0.05, 0) is 60.2 Å². The van der Waals surface area contributed by atoms with Crippen LogP contribution in [-0.4, -0.2) is 37.0 Å². The van der Waals surface area contributed by atoms with Gasteiger partial charge >= 0.3 is 5.97 Å². The Morgan fingerprint density at radius 2 is 1.62 bits per heavy atom. The van der Waals surface area contributed by atoms with E-state index in [2.05, 4.69) is 0 Å². The number of aliphatic hydroxyl groups excluding tert-OH is 1. The van der Waals surface area contributed by atoms with E-state index in [-0.39, 0.29) is 22.4 Å². The number of amides is 1. The number of benzene rings is 3. The van der Waals surface area contributed by atoms with E-state index in [9.17, 15) is 23.9 Å². The molecule has 0 saturated carbocycles. The Kier molecular flexibility index (Phi) is 6.14. The molecule has 1 fully saturated rings. The summed E-state index contributed by atoms with van der Waals surface area (Å²) >= 11 is 0. The number of halogens is 1. The first-order valence-electron chi connectivity index (χ1n) is 10.2. The minimum absolute atomic E-state index is 0.162. The molecule has 1 N–H and O–H groups in total. The average Bonchev–Trinajstić information content (AvgIpc) is 3.14. The van der Waals surface area contributed by atoms with E-state index in [4.69, 9.17) is 9.47 Å². The lowest BCUT2D eigenvalue weighted by atomic mass is 9.95. The first-order valence-corrected chi connectivity index (χ1v) is 10.2. The number of methoxy groups -OCH3 is 2. The van der Waals surface area contributed by atoms with Crippen LogP contribution in [0.2, 0.25) is 0 Å². The molecule has 1 aliphatic rings. The largest absolute Gasteiger partial charge is 0.507 e. The van der Waals surface area contributed by atoms with Crippen LogP contribution in [0.3, 0.4) is 0 Å².